The van der Waals surface area contributed by atoms with E-state index in [4.69, 9.17) is 17.5 Å². The van der Waals surface area contributed by atoms with Crippen molar-refractivity contribution in [2.24, 2.45) is 0 Å². The maximum absolute atomic E-state index is 8.74. The molecule has 0 aliphatic heterocycles. The van der Waals surface area contributed by atoms with Gasteiger partial charge in [0.15, 0.2) is 17.4 Å². The summed E-state index contributed by atoms with van der Waals surface area (Å²) in [5, 5.41) is 0. The average molecular weight is 196 g/mol. The van der Waals surface area contributed by atoms with Crippen molar-refractivity contribution in [3.05, 3.63) is 0 Å². The van der Waals surface area contributed by atoms with Gasteiger partial charge < -0.3 is 6.15 Å². The Kier molecular flexibility index (Phi) is 22.9. The number of hydrogen-bond donors (Lipinski definition) is 3. The van der Waals surface area contributed by atoms with Crippen LogP contribution in [-0.4, -0.2) is 34.9 Å². The van der Waals surface area contributed by atoms with Gasteiger partial charge in [-0.15, -0.1) is 0 Å². The molecule has 0 aliphatic carbocycles. The SMILES string of the molecule is N.O=S(=O)(O)O.[AlH3].[V]. The molecule has 0 heterocycles. The van der Waals surface area contributed by atoms with E-state index in [1.807, 2.05) is 0 Å². The molecule has 0 atom stereocenters. The predicted octanol–water partition coefficient (Wildman–Crippen LogP) is -1.68. The third-order valence-corrected chi connectivity index (χ3v) is 0. The summed E-state index contributed by atoms with van der Waals surface area (Å²) in [5.74, 6) is 0. The molecule has 0 unspecified atom stereocenters. The van der Waals surface area contributed by atoms with E-state index in [0.717, 1.165) is 0 Å². The average Bonchev–Trinajstić information content (AvgIpc) is 0.722. The molecule has 0 aromatic carbocycles. The Morgan fingerprint density at radius 2 is 1.12 bits per heavy atom. The van der Waals surface area contributed by atoms with E-state index >= 15 is 0 Å². The molecule has 8 heavy (non-hydrogen) atoms. The number of rotatable bonds is 0. The Bertz CT molecular complexity index is 99.2. The van der Waals surface area contributed by atoms with Crippen molar-refractivity contribution < 1.29 is 36.1 Å². The van der Waals surface area contributed by atoms with Crippen molar-refractivity contribution in [3.8, 4) is 0 Å². The Morgan fingerprint density at radius 1 is 1.12 bits per heavy atom. The van der Waals surface area contributed by atoms with E-state index < -0.39 is 10.4 Å². The van der Waals surface area contributed by atoms with Crippen molar-refractivity contribution in [2.45, 2.75) is 0 Å². The summed E-state index contributed by atoms with van der Waals surface area (Å²) >= 11 is 0. The van der Waals surface area contributed by atoms with Crippen LogP contribution in [0.15, 0.2) is 0 Å². The molecule has 0 spiro atoms. The summed E-state index contributed by atoms with van der Waals surface area (Å²) in [6.45, 7) is 0. The molecule has 0 fully saturated rings. The Hall–Kier alpha value is 0.947. The second-order valence-electron chi connectivity index (χ2n) is 0.448. The van der Waals surface area contributed by atoms with Gasteiger partial charge in [-0.3, -0.25) is 9.11 Å². The molecule has 1 radical (unpaired) electrons. The first-order valence-electron chi connectivity index (χ1n) is 0.698. The molecule has 0 aliphatic rings. The van der Waals surface area contributed by atoms with Gasteiger partial charge in [-0.1, -0.05) is 0 Å². The first kappa shape index (κ1) is 23.1. The van der Waals surface area contributed by atoms with E-state index in [9.17, 15) is 0 Å². The fourth-order valence-electron chi connectivity index (χ4n) is 0. The molecule has 0 amide bonds. The fraction of sp³-hybridized carbons (Fsp3) is 0. The first-order chi connectivity index (χ1) is 2.00. The zero-order valence-corrected chi connectivity index (χ0v) is 5.49. The first-order valence-corrected chi connectivity index (χ1v) is 2.10. The fourth-order valence-corrected chi connectivity index (χ4v) is 0. The van der Waals surface area contributed by atoms with E-state index in [1.165, 1.54) is 0 Å². The summed E-state index contributed by atoms with van der Waals surface area (Å²) in [6.07, 6.45) is 0. The van der Waals surface area contributed by atoms with Gasteiger partial charge in [0.25, 0.3) is 0 Å². The van der Waals surface area contributed by atoms with Crippen LogP contribution >= 0.6 is 0 Å². The summed E-state index contributed by atoms with van der Waals surface area (Å²) in [6, 6.07) is 0. The third kappa shape index (κ3) is 274. The molecular weight excluding hydrogens is 188 g/mol. The molecule has 51 valence electrons. The molecule has 5 N–H and O–H groups in total. The van der Waals surface area contributed by atoms with Gasteiger partial charge in [-0.25, -0.2) is 0 Å². The molecular formula is H8AlNO4SV. The molecule has 5 nitrogen and oxygen atoms in total. The van der Waals surface area contributed by atoms with Crippen molar-refractivity contribution in [1.82, 2.24) is 6.15 Å². The van der Waals surface area contributed by atoms with Crippen LogP contribution < -0.4 is 6.15 Å². The minimum atomic E-state index is -4.67. The minimum Gasteiger partial charge on any atom is -0.344 e. The zero-order chi connectivity index (χ0) is 4.50. The van der Waals surface area contributed by atoms with Crippen LogP contribution in [0.1, 0.15) is 0 Å². The van der Waals surface area contributed by atoms with Gasteiger partial charge in [0.05, 0.1) is 0 Å². The maximum Gasteiger partial charge on any atom is 0.394 e. The molecule has 0 saturated carbocycles. The van der Waals surface area contributed by atoms with Crippen LogP contribution in [0.5, 0.6) is 0 Å². The molecule has 0 saturated heterocycles. The Labute approximate surface area is 70.0 Å². The molecule has 8 heteroatoms. The number of hydrogen-bond acceptors (Lipinski definition) is 3. The van der Waals surface area contributed by atoms with Crippen LogP contribution in [0, 0.1) is 0 Å². The van der Waals surface area contributed by atoms with Crippen LogP contribution in [0.3, 0.4) is 0 Å². The largest absolute Gasteiger partial charge is 0.394 e. The third-order valence-electron chi connectivity index (χ3n) is 0. The topological polar surface area (TPSA) is 110 Å². The minimum absolute atomic E-state index is 0. The van der Waals surface area contributed by atoms with Gasteiger partial charge >= 0.3 is 10.4 Å². The second-order valence-corrected chi connectivity index (χ2v) is 1.34. The predicted molar refractivity (Wildman–Crippen MR) is 29.1 cm³/mol. The van der Waals surface area contributed by atoms with Crippen LogP contribution in [0.2, 0.25) is 0 Å². The van der Waals surface area contributed by atoms with E-state index in [-0.39, 0.29) is 42.1 Å². The standard InChI is InChI=1S/Al.H3N.H2O4S.V.3H/c;;1-5(2,3)4;;;;/h;1H3;(H2,1,2,3,4);;;;. The molecule has 0 bridgehead atoms. The monoisotopic (exact) mass is 196 g/mol. The molecule has 0 aromatic rings. The molecule has 0 aromatic heterocycles. The smallest absolute Gasteiger partial charge is 0.344 e. The van der Waals surface area contributed by atoms with Crippen molar-refractivity contribution >= 4 is 27.8 Å². The van der Waals surface area contributed by atoms with Gasteiger partial charge in [-0.05, 0) is 0 Å². The zero-order valence-electron chi connectivity index (χ0n) is 3.27. The quantitative estimate of drug-likeness (QED) is 0.316. The van der Waals surface area contributed by atoms with Gasteiger partial charge in [0, 0.05) is 18.6 Å². The van der Waals surface area contributed by atoms with E-state index in [0.29, 0.717) is 0 Å². The van der Waals surface area contributed by atoms with Gasteiger partial charge in [-0.2, -0.15) is 8.42 Å². The van der Waals surface area contributed by atoms with Gasteiger partial charge in [0.2, 0.25) is 0 Å². The van der Waals surface area contributed by atoms with E-state index in [2.05, 4.69) is 0 Å². The van der Waals surface area contributed by atoms with Crippen molar-refractivity contribution in [2.75, 3.05) is 0 Å². The van der Waals surface area contributed by atoms with Crippen molar-refractivity contribution in [1.29, 1.82) is 0 Å². The normalized spacial score (nSPS) is 7.25. The van der Waals surface area contributed by atoms with E-state index in [1.54, 1.807) is 0 Å². The van der Waals surface area contributed by atoms with Crippen LogP contribution in [-0.2, 0) is 29.0 Å². The second kappa shape index (κ2) is 7.95. The summed E-state index contributed by atoms with van der Waals surface area (Å²) in [7, 11) is -4.67. The Balaban J connectivity index is -0.0000000267. The Morgan fingerprint density at radius 3 is 1.12 bits per heavy atom. The van der Waals surface area contributed by atoms with Crippen LogP contribution in [0.25, 0.3) is 0 Å². The van der Waals surface area contributed by atoms with Crippen LogP contribution in [0.4, 0.5) is 0 Å². The summed E-state index contributed by atoms with van der Waals surface area (Å²) < 4.78 is 31.6. The summed E-state index contributed by atoms with van der Waals surface area (Å²) in [4.78, 5) is 0. The molecule has 0 rings (SSSR count). The maximum atomic E-state index is 8.74. The van der Waals surface area contributed by atoms with Crippen molar-refractivity contribution in [3.63, 3.8) is 0 Å². The van der Waals surface area contributed by atoms with Gasteiger partial charge in [0.1, 0.15) is 0 Å². The summed E-state index contributed by atoms with van der Waals surface area (Å²) in [5.41, 5.74) is 0.